The van der Waals surface area contributed by atoms with Gasteiger partial charge >= 0.3 is 0 Å². The molecule has 0 heterocycles. The van der Waals surface area contributed by atoms with E-state index in [2.05, 4.69) is 5.43 Å². The highest BCUT2D eigenvalue weighted by Crippen LogP contribution is 2.28. The molecule has 0 amide bonds. The van der Waals surface area contributed by atoms with Gasteiger partial charge in [0.15, 0.2) is 0 Å². The molecule has 0 aliphatic heterocycles. The number of nitrogens with two attached hydrogens (primary N) is 1. The molecule has 1 atom stereocenters. The third-order valence-corrected chi connectivity index (χ3v) is 5.29. The number of hydrogen-bond acceptors (Lipinski definition) is 4. The molecule has 7 heteroatoms. The summed E-state index contributed by atoms with van der Waals surface area (Å²) in [7, 11) is -2.95. The molecule has 0 spiro atoms. The Labute approximate surface area is 124 Å². The van der Waals surface area contributed by atoms with Gasteiger partial charge in [-0.15, -0.1) is 0 Å². The van der Waals surface area contributed by atoms with E-state index in [1.54, 1.807) is 25.1 Å². The Kier molecular flexibility index (Phi) is 6.56. The molecule has 1 rings (SSSR count). The van der Waals surface area contributed by atoms with Crippen LogP contribution < -0.4 is 11.3 Å². The molecule has 0 aromatic heterocycles. The van der Waals surface area contributed by atoms with E-state index in [0.29, 0.717) is 22.9 Å². The molecule has 1 unspecified atom stereocenters. The van der Waals surface area contributed by atoms with E-state index in [-0.39, 0.29) is 17.5 Å². The molecule has 0 saturated heterocycles. The summed E-state index contributed by atoms with van der Waals surface area (Å²) in [6.45, 7) is 1.64. The van der Waals surface area contributed by atoms with Crippen LogP contribution in [0.1, 0.15) is 31.4 Å². The lowest BCUT2D eigenvalue weighted by molar-refractivity contribution is 0.507. The Balaban J connectivity index is 2.71. The van der Waals surface area contributed by atoms with Crippen LogP contribution in [-0.2, 0) is 9.84 Å². The van der Waals surface area contributed by atoms with Crippen LogP contribution in [0.3, 0.4) is 0 Å². The average molecular weight is 325 g/mol. The summed E-state index contributed by atoms with van der Waals surface area (Å²) in [5.74, 6) is 5.82. The summed E-state index contributed by atoms with van der Waals surface area (Å²) in [6.07, 6.45) is 1.10. The predicted molar refractivity (Wildman–Crippen MR) is 80.1 cm³/mol. The van der Waals surface area contributed by atoms with Crippen molar-refractivity contribution >= 4 is 33.0 Å². The third kappa shape index (κ3) is 5.28. The predicted octanol–water partition coefficient (Wildman–Crippen LogP) is 2.71. The number of nitrogens with one attached hydrogen (secondary N) is 1. The summed E-state index contributed by atoms with van der Waals surface area (Å²) in [6, 6.07) is 4.93. The minimum atomic E-state index is -2.95. The largest absolute Gasteiger partial charge is 0.271 e. The zero-order valence-electron chi connectivity index (χ0n) is 10.7. The van der Waals surface area contributed by atoms with Gasteiger partial charge in [-0.25, -0.2) is 8.42 Å². The van der Waals surface area contributed by atoms with Crippen molar-refractivity contribution in [1.29, 1.82) is 0 Å². The van der Waals surface area contributed by atoms with Crippen molar-refractivity contribution in [3.05, 3.63) is 33.8 Å². The van der Waals surface area contributed by atoms with Crippen LogP contribution in [0.15, 0.2) is 18.2 Å². The van der Waals surface area contributed by atoms with Gasteiger partial charge in [0.05, 0.1) is 5.75 Å². The van der Waals surface area contributed by atoms with Crippen molar-refractivity contribution in [3.63, 3.8) is 0 Å². The van der Waals surface area contributed by atoms with E-state index in [9.17, 15) is 8.42 Å². The molecular formula is C12H18Cl2N2O2S. The molecule has 0 saturated carbocycles. The molecule has 0 bridgehead atoms. The topological polar surface area (TPSA) is 72.2 Å². The van der Waals surface area contributed by atoms with Gasteiger partial charge in [0.25, 0.3) is 0 Å². The monoisotopic (exact) mass is 324 g/mol. The zero-order chi connectivity index (χ0) is 14.5. The van der Waals surface area contributed by atoms with E-state index in [1.165, 1.54) is 0 Å². The normalized spacial score (nSPS) is 13.5. The Morgan fingerprint density at radius 1 is 1.37 bits per heavy atom. The van der Waals surface area contributed by atoms with Crippen LogP contribution in [0.5, 0.6) is 0 Å². The highest BCUT2D eigenvalue weighted by molar-refractivity contribution is 7.91. The molecule has 3 N–H and O–H groups in total. The molecule has 19 heavy (non-hydrogen) atoms. The molecule has 0 radical (unpaired) electrons. The van der Waals surface area contributed by atoms with E-state index < -0.39 is 9.84 Å². The number of rotatable bonds is 7. The maximum Gasteiger partial charge on any atom is 0.150 e. The Morgan fingerprint density at radius 3 is 2.63 bits per heavy atom. The van der Waals surface area contributed by atoms with Crippen LogP contribution >= 0.6 is 23.2 Å². The second-order valence-corrected chi connectivity index (χ2v) is 7.58. The fourth-order valence-electron chi connectivity index (χ4n) is 1.76. The Hall–Kier alpha value is -0.330. The summed E-state index contributed by atoms with van der Waals surface area (Å²) < 4.78 is 22.9. The molecule has 0 aliphatic rings. The van der Waals surface area contributed by atoms with Crippen molar-refractivity contribution in [2.45, 2.75) is 25.8 Å². The van der Waals surface area contributed by atoms with Gasteiger partial charge < -0.3 is 0 Å². The lowest BCUT2D eigenvalue weighted by atomic mass is 10.0. The quantitative estimate of drug-likeness (QED) is 0.597. The Bertz CT molecular complexity index is 520. The second-order valence-electron chi connectivity index (χ2n) is 4.26. The highest BCUT2D eigenvalue weighted by Gasteiger charge is 2.15. The maximum absolute atomic E-state index is 11.4. The molecule has 1 aromatic rings. The van der Waals surface area contributed by atoms with E-state index in [1.807, 2.05) is 0 Å². The van der Waals surface area contributed by atoms with Crippen LogP contribution in [-0.4, -0.2) is 19.9 Å². The SMILES string of the molecule is CCS(=O)(=O)CCCC(NN)c1cc(Cl)ccc1Cl. The number of benzene rings is 1. The van der Waals surface area contributed by atoms with Crippen molar-refractivity contribution in [3.8, 4) is 0 Å². The molecule has 108 valence electrons. The number of sulfone groups is 1. The molecule has 1 aromatic carbocycles. The van der Waals surface area contributed by atoms with Crippen molar-refractivity contribution in [1.82, 2.24) is 5.43 Å². The van der Waals surface area contributed by atoms with Gasteiger partial charge in [-0.1, -0.05) is 30.1 Å². The third-order valence-electron chi connectivity index (χ3n) is 2.92. The van der Waals surface area contributed by atoms with Gasteiger partial charge in [-0.05, 0) is 36.6 Å². The van der Waals surface area contributed by atoms with Crippen molar-refractivity contribution in [2.24, 2.45) is 5.84 Å². The first-order valence-corrected chi connectivity index (χ1v) is 8.59. The van der Waals surface area contributed by atoms with Gasteiger partial charge in [-0.3, -0.25) is 11.3 Å². The number of halogens is 2. The van der Waals surface area contributed by atoms with E-state index in [4.69, 9.17) is 29.0 Å². The summed E-state index contributed by atoms with van der Waals surface area (Å²) in [5.41, 5.74) is 3.44. The summed E-state index contributed by atoms with van der Waals surface area (Å²) in [4.78, 5) is 0. The first-order chi connectivity index (χ1) is 8.89. The molecule has 0 fully saturated rings. The van der Waals surface area contributed by atoms with Gasteiger partial charge in [0.2, 0.25) is 0 Å². The number of hydrazine groups is 1. The van der Waals surface area contributed by atoms with E-state index in [0.717, 1.165) is 5.56 Å². The molecular weight excluding hydrogens is 307 g/mol. The molecule has 4 nitrogen and oxygen atoms in total. The maximum atomic E-state index is 11.4. The summed E-state index contributed by atoms with van der Waals surface area (Å²) in [5, 5.41) is 1.13. The lowest BCUT2D eigenvalue weighted by Gasteiger charge is -2.17. The minimum Gasteiger partial charge on any atom is -0.271 e. The second kappa shape index (κ2) is 7.45. The van der Waals surface area contributed by atoms with Gasteiger partial charge in [-0.2, -0.15) is 0 Å². The smallest absolute Gasteiger partial charge is 0.150 e. The van der Waals surface area contributed by atoms with Gasteiger partial charge in [0.1, 0.15) is 9.84 Å². The zero-order valence-corrected chi connectivity index (χ0v) is 13.0. The van der Waals surface area contributed by atoms with Gasteiger partial charge in [0, 0.05) is 21.8 Å². The first kappa shape index (κ1) is 16.7. The average Bonchev–Trinajstić information content (AvgIpc) is 2.38. The summed E-state index contributed by atoms with van der Waals surface area (Å²) >= 11 is 12.0. The van der Waals surface area contributed by atoms with Crippen LogP contribution in [0.2, 0.25) is 10.0 Å². The lowest BCUT2D eigenvalue weighted by Crippen LogP contribution is -2.28. The minimum absolute atomic E-state index is 0.153. The van der Waals surface area contributed by atoms with Crippen LogP contribution in [0.25, 0.3) is 0 Å². The Morgan fingerprint density at radius 2 is 2.05 bits per heavy atom. The standard InChI is InChI=1S/C12H18Cl2N2O2S/c1-2-19(17,18)7-3-4-12(16-15)10-8-9(13)5-6-11(10)14/h5-6,8,12,16H,2-4,7,15H2,1H3. The highest BCUT2D eigenvalue weighted by atomic mass is 35.5. The fraction of sp³-hybridized carbons (Fsp3) is 0.500. The fourth-order valence-corrected chi connectivity index (χ4v) is 3.09. The van der Waals surface area contributed by atoms with Crippen molar-refractivity contribution in [2.75, 3.05) is 11.5 Å². The molecule has 0 aliphatic carbocycles. The number of hydrogen-bond donors (Lipinski definition) is 2. The van der Waals surface area contributed by atoms with Crippen LogP contribution in [0, 0.1) is 0 Å². The first-order valence-electron chi connectivity index (χ1n) is 6.01. The van der Waals surface area contributed by atoms with Crippen molar-refractivity contribution < 1.29 is 8.42 Å². The van der Waals surface area contributed by atoms with Crippen LogP contribution in [0.4, 0.5) is 0 Å². The van der Waals surface area contributed by atoms with E-state index >= 15 is 0 Å².